The monoisotopic (exact) mass is 328 g/mol. The van der Waals surface area contributed by atoms with Gasteiger partial charge >= 0.3 is 0 Å². The van der Waals surface area contributed by atoms with Crippen LogP contribution in [0.15, 0.2) is 54.6 Å². The van der Waals surface area contributed by atoms with Crippen molar-refractivity contribution in [2.45, 2.75) is 25.4 Å². The molecule has 1 N–H and O–H groups in total. The van der Waals surface area contributed by atoms with E-state index in [1.54, 1.807) is 12.1 Å². The fourth-order valence-corrected chi connectivity index (χ4v) is 3.29. The molecule has 0 bridgehead atoms. The first-order valence-corrected chi connectivity index (χ1v) is 8.42. The molecule has 120 valence electrons. The van der Waals surface area contributed by atoms with E-state index < -0.39 is 0 Å². The molecule has 0 aromatic heterocycles. The predicted molar refractivity (Wildman–Crippen MR) is 93.7 cm³/mol. The second kappa shape index (κ2) is 7.62. The van der Waals surface area contributed by atoms with Crippen LogP contribution >= 0.6 is 11.6 Å². The molecule has 2 aromatic rings. The van der Waals surface area contributed by atoms with Crippen LogP contribution in [0.25, 0.3) is 0 Å². The Morgan fingerprint density at radius 2 is 1.87 bits per heavy atom. The molecule has 0 aliphatic carbocycles. The molecule has 1 atom stereocenters. The molecule has 1 amide bonds. The normalized spacial score (nSPS) is 18.6. The second-order valence-electron chi connectivity index (χ2n) is 6.01. The van der Waals surface area contributed by atoms with Crippen LogP contribution in [0.1, 0.15) is 28.8 Å². The molecule has 1 fully saturated rings. The lowest BCUT2D eigenvalue weighted by molar-refractivity contribution is 0.0901. The molecule has 1 saturated heterocycles. The molecule has 1 heterocycles. The van der Waals surface area contributed by atoms with Crippen molar-refractivity contribution >= 4 is 17.5 Å². The smallest absolute Gasteiger partial charge is 0.253 e. The van der Waals surface area contributed by atoms with Crippen molar-refractivity contribution in [3.63, 3.8) is 0 Å². The number of likely N-dealkylation sites (tertiary alicyclic amines) is 1. The quantitative estimate of drug-likeness (QED) is 0.927. The van der Waals surface area contributed by atoms with Gasteiger partial charge in [0.05, 0.1) is 10.6 Å². The summed E-state index contributed by atoms with van der Waals surface area (Å²) in [5, 5.41) is 3.63. The Morgan fingerprint density at radius 1 is 1.13 bits per heavy atom. The number of amides is 1. The molecule has 0 radical (unpaired) electrons. The van der Waals surface area contributed by atoms with E-state index in [4.69, 9.17) is 11.6 Å². The Hall–Kier alpha value is -1.84. The number of rotatable bonds is 4. The number of hydrogen-bond donors (Lipinski definition) is 1. The molecule has 0 unspecified atom stereocenters. The molecule has 23 heavy (non-hydrogen) atoms. The van der Waals surface area contributed by atoms with Gasteiger partial charge in [0.2, 0.25) is 0 Å². The van der Waals surface area contributed by atoms with Gasteiger partial charge in [-0.3, -0.25) is 9.69 Å². The Balaban J connectivity index is 1.58. The molecule has 2 aromatic carbocycles. The summed E-state index contributed by atoms with van der Waals surface area (Å²) >= 11 is 6.10. The third-order valence-electron chi connectivity index (χ3n) is 4.21. The number of nitrogens with one attached hydrogen (secondary N) is 1. The molecular formula is C19H21ClN2O. The van der Waals surface area contributed by atoms with Gasteiger partial charge in [-0.05, 0) is 37.1 Å². The summed E-state index contributed by atoms with van der Waals surface area (Å²) in [5.74, 6) is -0.0813. The van der Waals surface area contributed by atoms with E-state index in [0.717, 1.165) is 32.5 Å². The van der Waals surface area contributed by atoms with E-state index in [1.807, 2.05) is 18.2 Å². The lowest BCUT2D eigenvalue weighted by Crippen LogP contribution is -2.47. The van der Waals surface area contributed by atoms with Crippen molar-refractivity contribution in [1.29, 1.82) is 0 Å². The van der Waals surface area contributed by atoms with E-state index in [-0.39, 0.29) is 11.9 Å². The number of benzene rings is 2. The van der Waals surface area contributed by atoms with Crippen LogP contribution in [-0.2, 0) is 6.54 Å². The summed E-state index contributed by atoms with van der Waals surface area (Å²) in [7, 11) is 0. The predicted octanol–water partition coefficient (Wildman–Crippen LogP) is 3.73. The first-order chi connectivity index (χ1) is 11.2. The third-order valence-corrected chi connectivity index (χ3v) is 4.54. The maximum atomic E-state index is 12.4. The van der Waals surface area contributed by atoms with Crippen molar-refractivity contribution in [1.82, 2.24) is 10.2 Å². The van der Waals surface area contributed by atoms with Crippen molar-refractivity contribution < 1.29 is 4.79 Å². The van der Waals surface area contributed by atoms with Gasteiger partial charge in [-0.1, -0.05) is 54.1 Å². The van der Waals surface area contributed by atoms with E-state index in [9.17, 15) is 4.79 Å². The van der Waals surface area contributed by atoms with Gasteiger partial charge in [0.1, 0.15) is 0 Å². The minimum absolute atomic E-state index is 0.0813. The van der Waals surface area contributed by atoms with Gasteiger partial charge in [0, 0.05) is 19.1 Å². The van der Waals surface area contributed by atoms with Crippen molar-refractivity contribution in [2.24, 2.45) is 0 Å². The van der Waals surface area contributed by atoms with E-state index in [1.165, 1.54) is 5.56 Å². The van der Waals surface area contributed by atoms with Crippen LogP contribution in [0.4, 0.5) is 0 Å². The highest BCUT2D eigenvalue weighted by Gasteiger charge is 2.22. The van der Waals surface area contributed by atoms with Gasteiger partial charge in [-0.15, -0.1) is 0 Å². The number of halogens is 1. The minimum atomic E-state index is -0.0813. The first-order valence-electron chi connectivity index (χ1n) is 8.04. The van der Waals surface area contributed by atoms with E-state index in [0.29, 0.717) is 10.6 Å². The van der Waals surface area contributed by atoms with E-state index in [2.05, 4.69) is 34.5 Å². The summed E-state index contributed by atoms with van der Waals surface area (Å²) in [4.78, 5) is 14.8. The number of hydrogen-bond acceptors (Lipinski definition) is 2. The average Bonchev–Trinajstić information content (AvgIpc) is 2.56. The SMILES string of the molecule is O=C(N[C@@H]1CCCN(Cc2ccccc2)C1)c1ccccc1Cl. The largest absolute Gasteiger partial charge is 0.348 e. The highest BCUT2D eigenvalue weighted by molar-refractivity contribution is 6.33. The van der Waals surface area contributed by atoms with Crippen molar-refractivity contribution in [3.05, 3.63) is 70.7 Å². The number of piperidine rings is 1. The zero-order valence-electron chi connectivity index (χ0n) is 13.0. The molecular weight excluding hydrogens is 308 g/mol. The standard InChI is InChI=1S/C19H21ClN2O/c20-18-11-5-4-10-17(18)19(23)21-16-9-6-12-22(14-16)13-15-7-2-1-3-8-15/h1-5,7-8,10-11,16H,6,9,12-14H2,(H,21,23)/t16-/m1/s1. The molecule has 4 heteroatoms. The highest BCUT2D eigenvalue weighted by Crippen LogP contribution is 2.17. The zero-order valence-corrected chi connectivity index (χ0v) is 13.8. The molecule has 0 spiro atoms. The Kier molecular flexibility index (Phi) is 5.31. The molecule has 1 aliphatic heterocycles. The summed E-state index contributed by atoms with van der Waals surface area (Å²) in [5.41, 5.74) is 1.86. The Morgan fingerprint density at radius 3 is 2.65 bits per heavy atom. The molecule has 3 rings (SSSR count). The van der Waals surface area contributed by atoms with Gasteiger partial charge in [0.25, 0.3) is 5.91 Å². The van der Waals surface area contributed by atoms with Crippen LogP contribution in [0.3, 0.4) is 0 Å². The Labute approximate surface area is 142 Å². The molecule has 3 nitrogen and oxygen atoms in total. The van der Waals surface area contributed by atoms with Crippen molar-refractivity contribution in [3.8, 4) is 0 Å². The fourth-order valence-electron chi connectivity index (χ4n) is 3.07. The first kappa shape index (κ1) is 16.0. The van der Waals surface area contributed by atoms with Gasteiger partial charge < -0.3 is 5.32 Å². The number of carbonyl (C=O) groups is 1. The lowest BCUT2D eigenvalue weighted by Gasteiger charge is -2.33. The van der Waals surface area contributed by atoms with Crippen LogP contribution < -0.4 is 5.32 Å². The van der Waals surface area contributed by atoms with Gasteiger partial charge in [0.15, 0.2) is 0 Å². The average molecular weight is 329 g/mol. The minimum Gasteiger partial charge on any atom is -0.348 e. The summed E-state index contributed by atoms with van der Waals surface area (Å²) < 4.78 is 0. The summed E-state index contributed by atoms with van der Waals surface area (Å²) in [6.07, 6.45) is 2.11. The van der Waals surface area contributed by atoms with E-state index >= 15 is 0 Å². The fraction of sp³-hybridized carbons (Fsp3) is 0.316. The summed E-state index contributed by atoms with van der Waals surface area (Å²) in [6.45, 7) is 2.89. The molecule has 1 aliphatic rings. The molecule has 0 saturated carbocycles. The maximum absolute atomic E-state index is 12.4. The lowest BCUT2D eigenvalue weighted by atomic mass is 10.0. The van der Waals surface area contributed by atoms with Crippen LogP contribution in [0.2, 0.25) is 5.02 Å². The Bertz CT molecular complexity index is 659. The maximum Gasteiger partial charge on any atom is 0.253 e. The van der Waals surface area contributed by atoms with Crippen LogP contribution in [-0.4, -0.2) is 29.9 Å². The number of nitrogens with zero attached hydrogens (tertiary/aromatic N) is 1. The summed E-state index contributed by atoms with van der Waals surface area (Å²) in [6, 6.07) is 17.8. The second-order valence-corrected chi connectivity index (χ2v) is 6.42. The zero-order chi connectivity index (χ0) is 16.1. The van der Waals surface area contributed by atoms with Gasteiger partial charge in [-0.2, -0.15) is 0 Å². The third kappa shape index (κ3) is 4.34. The van der Waals surface area contributed by atoms with Crippen LogP contribution in [0.5, 0.6) is 0 Å². The topological polar surface area (TPSA) is 32.3 Å². The van der Waals surface area contributed by atoms with Gasteiger partial charge in [-0.25, -0.2) is 0 Å². The number of carbonyl (C=O) groups excluding carboxylic acids is 1. The highest BCUT2D eigenvalue weighted by atomic mass is 35.5. The van der Waals surface area contributed by atoms with Crippen LogP contribution in [0, 0.1) is 0 Å². The van der Waals surface area contributed by atoms with Crippen molar-refractivity contribution in [2.75, 3.05) is 13.1 Å².